The second-order valence-electron chi connectivity index (χ2n) is 5.64. The number of carbonyl (C=O) groups excluding carboxylic acids is 1. The number of nitrogens with zero attached hydrogens (tertiary/aromatic N) is 3. The van der Waals surface area contributed by atoms with Crippen molar-refractivity contribution in [2.75, 3.05) is 6.54 Å². The van der Waals surface area contributed by atoms with Crippen molar-refractivity contribution in [3.05, 3.63) is 71.7 Å². The zero-order valence-corrected chi connectivity index (χ0v) is 13.9. The van der Waals surface area contributed by atoms with E-state index in [1.54, 1.807) is 29.3 Å². The van der Waals surface area contributed by atoms with E-state index in [2.05, 4.69) is 15.6 Å². The summed E-state index contributed by atoms with van der Waals surface area (Å²) in [4.78, 5) is 12.2. The van der Waals surface area contributed by atoms with Crippen LogP contribution < -0.4 is 5.32 Å². The third-order valence-corrected chi connectivity index (χ3v) is 3.94. The predicted molar refractivity (Wildman–Crippen MR) is 89.6 cm³/mol. The van der Waals surface area contributed by atoms with Crippen molar-refractivity contribution in [1.82, 2.24) is 20.3 Å². The minimum atomic E-state index is -0.285. The molecule has 0 bridgehead atoms. The first-order valence-corrected chi connectivity index (χ1v) is 8.15. The van der Waals surface area contributed by atoms with Crippen LogP contribution in [0.25, 0.3) is 0 Å². The zero-order valence-electron chi connectivity index (χ0n) is 13.9. The fourth-order valence-corrected chi connectivity index (χ4v) is 2.64. The third kappa shape index (κ3) is 4.12. The van der Waals surface area contributed by atoms with E-state index in [1.807, 2.05) is 19.1 Å². The van der Waals surface area contributed by atoms with Gasteiger partial charge in [-0.3, -0.25) is 4.79 Å². The van der Waals surface area contributed by atoms with Gasteiger partial charge in [0.2, 0.25) is 0 Å². The van der Waals surface area contributed by atoms with Gasteiger partial charge in [0.1, 0.15) is 11.6 Å². The Balaban J connectivity index is 1.63. The van der Waals surface area contributed by atoms with Crippen molar-refractivity contribution in [2.45, 2.75) is 25.8 Å². The summed E-state index contributed by atoms with van der Waals surface area (Å²) in [5.74, 6) is 0.242. The van der Waals surface area contributed by atoms with Gasteiger partial charge in [-0.15, -0.1) is 5.10 Å². The standard InChI is InChI=1S/C18H19FN4O2/c1-2-17(13-5-7-14(19)8-6-13)23-12-16(21-22-23)18(24)20-10-9-15-4-3-11-25-15/h3-8,11-12,17H,2,9-10H2,1H3,(H,20,24)/t17-/m1/s1. The molecule has 0 aliphatic rings. The van der Waals surface area contributed by atoms with Crippen LogP contribution in [-0.4, -0.2) is 27.4 Å². The number of halogens is 1. The highest BCUT2D eigenvalue weighted by Gasteiger charge is 2.17. The highest BCUT2D eigenvalue weighted by molar-refractivity contribution is 5.91. The molecular formula is C18H19FN4O2. The summed E-state index contributed by atoms with van der Waals surface area (Å²) in [6, 6.07) is 9.83. The number of hydrogen-bond acceptors (Lipinski definition) is 4. The van der Waals surface area contributed by atoms with Gasteiger partial charge in [-0.2, -0.15) is 0 Å². The van der Waals surface area contributed by atoms with Gasteiger partial charge in [0.05, 0.1) is 18.5 Å². The molecule has 3 aromatic rings. The third-order valence-electron chi connectivity index (χ3n) is 3.94. The minimum Gasteiger partial charge on any atom is -0.469 e. The van der Waals surface area contributed by atoms with Crippen LogP contribution in [0.2, 0.25) is 0 Å². The molecule has 25 heavy (non-hydrogen) atoms. The SMILES string of the molecule is CC[C@H](c1ccc(F)cc1)n1cc(C(=O)NCCc2ccco2)nn1. The van der Waals surface area contributed by atoms with Crippen LogP contribution in [0, 0.1) is 5.82 Å². The zero-order chi connectivity index (χ0) is 17.6. The molecule has 1 aromatic carbocycles. The van der Waals surface area contributed by atoms with E-state index in [-0.39, 0.29) is 23.5 Å². The Hall–Kier alpha value is -2.96. The number of hydrogen-bond donors (Lipinski definition) is 1. The van der Waals surface area contributed by atoms with Gasteiger partial charge < -0.3 is 9.73 Å². The van der Waals surface area contributed by atoms with E-state index in [4.69, 9.17) is 4.42 Å². The van der Waals surface area contributed by atoms with Crippen LogP contribution in [0.3, 0.4) is 0 Å². The molecule has 0 unspecified atom stereocenters. The summed E-state index contributed by atoms with van der Waals surface area (Å²) in [6.45, 7) is 2.45. The molecule has 0 radical (unpaired) electrons. The maximum Gasteiger partial charge on any atom is 0.273 e. The molecular weight excluding hydrogens is 323 g/mol. The largest absolute Gasteiger partial charge is 0.469 e. The average Bonchev–Trinajstić information content (AvgIpc) is 3.29. The van der Waals surface area contributed by atoms with Gasteiger partial charge >= 0.3 is 0 Å². The van der Waals surface area contributed by atoms with Crippen LogP contribution >= 0.6 is 0 Å². The van der Waals surface area contributed by atoms with Crippen molar-refractivity contribution >= 4 is 5.91 Å². The molecule has 2 heterocycles. The summed E-state index contributed by atoms with van der Waals surface area (Å²) in [5.41, 5.74) is 1.17. The van der Waals surface area contributed by atoms with Crippen molar-refractivity contribution < 1.29 is 13.6 Å². The van der Waals surface area contributed by atoms with Crippen LogP contribution in [-0.2, 0) is 6.42 Å². The summed E-state index contributed by atoms with van der Waals surface area (Å²) in [5, 5.41) is 10.8. The number of benzene rings is 1. The van der Waals surface area contributed by atoms with Crippen molar-refractivity contribution in [3.63, 3.8) is 0 Å². The maximum atomic E-state index is 13.1. The van der Waals surface area contributed by atoms with E-state index >= 15 is 0 Å². The number of carbonyl (C=O) groups is 1. The smallest absolute Gasteiger partial charge is 0.273 e. The molecule has 0 fully saturated rings. The summed E-state index contributed by atoms with van der Waals surface area (Å²) >= 11 is 0. The Morgan fingerprint density at radius 1 is 1.32 bits per heavy atom. The summed E-state index contributed by atoms with van der Waals surface area (Å²) < 4.78 is 19.9. The fraction of sp³-hybridized carbons (Fsp3) is 0.278. The van der Waals surface area contributed by atoms with Crippen LogP contribution in [0.15, 0.2) is 53.3 Å². The van der Waals surface area contributed by atoms with E-state index in [9.17, 15) is 9.18 Å². The number of amides is 1. The van der Waals surface area contributed by atoms with Gasteiger partial charge in [-0.05, 0) is 36.2 Å². The van der Waals surface area contributed by atoms with Gasteiger partial charge in [-0.1, -0.05) is 24.3 Å². The molecule has 0 aliphatic carbocycles. The molecule has 0 aliphatic heterocycles. The topological polar surface area (TPSA) is 73.0 Å². The van der Waals surface area contributed by atoms with E-state index < -0.39 is 0 Å². The number of furan rings is 1. The molecule has 3 rings (SSSR count). The molecule has 0 saturated heterocycles. The lowest BCUT2D eigenvalue weighted by Crippen LogP contribution is -2.26. The predicted octanol–water partition coefficient (Wildman–Crippen LogP) is 2.98. The normalized spacial score (nSPS) is 12.1. The molecule has 130 valence electrons. The quantitative estimate of drug-likeness (QED) is 0.716. The Bertz CT molecular complexity index is 812. The van der Waals surface area contributed by atoms with E-state index in [0.29, 0.717) is 13.0 Å². The lowest BCUT2D eigenvalue weighted by molar-refractivity contribution is 0.0948. The molecule has 0 saturated carbocycles. The Kier molecular flexibility index (Phi) is 5.23. The van der Waals surface area contributed by atoms with Crippen molar-refractivity contribution in [2.24, 2.45) is 0 Å². The summed E-state index contributed by atoms with van der Waals surface area (Å²) in [7, 11) is 0. The number of aromatic nitrogens is 3. The Morgan fingerprint density at radius 3 is 2.80 bits per heavy atom. The molecule has 6 nitrogen and oxygen atoms in total. The lowest BCUT2D eigenvalue weighted by Gasteiger charge is -2.14. The maximum absolute atomic E-state index is 13.1. The van der Waals surface area contributed by atoms with Crippen molar-refractivity contribution in [3.8, 4) is 0 Å². The average molecular weight is 342 g/mol. The number of nitrogens with one attached hydrogen (secondary N) is 1. The Morgan fingerprint density at radius 2 is 2.12 bits per heavy atom. The fourth-order valence-electron chi connectivity index (χ4n) is 2.64. The van der Waals surface area contributed by atoms with E-state index in [0.717, 1.165) is 17.7 Å². The van der Waals surface area contributed by atoms with Crippen LogP contribution in [0.1, 0.15) is 41.2 Å². The van der Waals surface area contributed by atoms with Gasteiger partial charge in [0, 0.05) is 13.0 Å². The first-order chi connectivity index (χ1) is 12.2. The van der Waals surface area contributed by atoms with Gasteiger partial charge in [0.15, 0.2) is 5.69 Å². The number of rotatable bonds is 7. The van der Waals surface area contributed by atoms with Gasteiger partial charge in [-0.25, -0.2) is 9.07 Å². The van der Waals surface area contributed by atoms with Crippen LogP contribution in [0.4, 0.5) is 4.39 Å². The van der Waals surface area contributed by atoms with Gasteiger partial charge in [0.25, 0.3) is 5.91 Å². The van der Waals surface area contributed by atoms with E-state index in [1.165, 1.54) is 12.1 Å². The summed E-state index contributed by atoms with van der Waals surface area (Å²) in [6.07, 6.45) is 4.57. The molecule has 1 N–H and O–H groups in total. The highest BCUT2D eigenvalue weighted by atomic mass is 19.1. The first-order valence-electron chi connectivity index (χ1n) is 8.15. The molecule has 1 amide bonds. The second kappa shape index (κ2) is 7.74. The Labute approximate surface area is 144 Å². The van der Waals surface area contributed by atoms with Crippen LogP contribution in [0.5, 0.6) is 0 Å². The second-order valence-corrected chi connectivity index (χ2v) is 5.64. The highest BCUT2D eigenvalue weighted by Crippen LogP contribution is 2.21. The molecule has 7 heteroatoms. The molecule has 0 spiro atoms. The van der Waals surface area contributed by atoms with Crippen molar-refractivity contribution in [1.29, 1.82) is 0 Å². The monoisotopic (exact) mass is 342 g/mol. The lowest BCUT2D eigenvalue weighted by atomic mass is 10.0. The minimum absolute atomic E-state index is 0.0993. The molecule has 1 atom stereocenters. The first kappa shape index (κ1) is 16.9. The molecule has 2 aromatic heterocycles.